The summed E-state index contributed by atoms with van der Waals surface area (Å²) in [6.45, 7) is 4.67. The molecule has 1 spiro atoms. The van der Waals surface area contributed by atoms with Gasteiger partial charge < -0.3 is 14.5 Å². The Bertz CT molecular complexity index is 1220. The van der Waals surface area contributed by atoms with Gasteiger partial charge >= 0.3 is 0 Å². The summed E-state index contributed by atoms with van der Waals surface area (Å²) in [6, 6.07) is 13.9. The van der Waals surface area contributed by atoms with Gasteiger partial charge in [0.15, 0.2) is 0 Å². The van der Waals surface area contributed by atoms with Crippen molar-refractivity contribution in [1.82, 2.24) is 15.1 Å². The standard InChI is InChI=1S/C30H35N3O4/c34-27-13-12-25(28(35)31-27)33-19-23-21(8-6-9-22(23)29(33)36)7-2-1-5-16-32-17-14-30(15-18-32)20-37-26-11-4-3-10-24(26)30/h3-4,6,8-11,25H,1-2,5,7,12-20H2,(H,31,34,35). The van der Waals surface area contributed by atoms with Gasteiger partial charge in [0.1, 0.15) is 11.8 Å². The number of unbranched alkanes of at least 4 members (excludes halogenated alkanes) is 2. The molecule has 2 fully saturated rings. The van der Waals surface area contributed by atoms with E-state index in [0.29, 0.717) is 18.5 Å². The molecule has 2 saturated heterocycles. The lowest BCUT2D eigenvalue weighted by Gasteiger charge is -2.38. The number of fused-ring (bicyclic) bond motifs is 3. The van der Waals surface area contributed by atoms with Crippen molar-refractivity contribution in [3.05, 3.63) is 64.7 Å². The van der Waals surface area contributed by atoms with Crippen LogP contribution in [0.15, 0.2) is 42.5 Å². The summed E-state index contributed by atoms with van der Waals surface area (Å²) in [7, 11) is 0. The maximum absolute atomic E-state index is 13.0. The highest BCUT2D eigenvalue weighted by molar-refractivity contribution is 6.05. The summed E-state index contributed by atoms with van der Waals surface area (Å²) in [5.74, 6) is 0.370. The average Bonchev–Trinajstić information content (AvgIpc) is 3.44. The smallest absolute Gasteiger partial charge is 0.255 e. The molecule has 1 unspecified atom stereocenters. The van der Waals surface area contributed by atoms with Crippen molar-refractivity contribution in [1.29, 1.82) is 0 Å². The largest absolute Gasteiger partial charge is 0.492 e. The van der Waals surface area contributed by atoms with Crippen molar-refractivity contribution >= 4 is 17.7 Å². The molecular formula is C30H35N3O4. The first-order valence-electron chi connectivity index (χ1n) is 13.7. The summed E-state index contributed by atoms with van der Waals surface area (Å²) in [6.07, 6.45) is 7.37. The molecule has 4 aliphatic rings. The highest BCUT2D eigenvalue weighted by Gasteiger charge is 2.43. The Morgan fingerprint density at radius 3 is 2.65 bits per heavy atom. The number of piperidine rings is 2. The van der Waals surface area contributed by atoms with Crippen LogP contribution in [-0.4, -0.2) is 59.8 Å². The van der Waals surface area contributed by atoms with Gasteiger partial charge in [-0.3, -0.25) is 19.7 Å². The van der Waals surface area contributed by atoms with Crippen LogP contribution in [0.3, 0.4) is 0 Å². The van der Waals surface area contributed by atoms with Crippen LogP contribution in [0.25, 0.3) is 0 Å². The number of nitrogens with one attached hydrogen (secondary N) is 1. The lowest BCUT2D eigenvalue weighted by atomic mass is 9.74. The summed E-state index contributed by atoms with van der Waals surface area (Å²) >= 11 is 0. The first-order valence-corrected chi connectivity index (χ1v) is 13.7. The Balaban J connectivity index is 0.973. The third-order valence-electron chi connectivity index (χ3n) is 8.88. The average molecular weight is 502 g/mol. The number of amides is 3. The Hall–Kier alpha value is -3.19. The van der Waals surface area contributed by atoms with E-state index in [9.17, 15) is 14.4 Å². The number of aryl methyl sites for hydroxylation is 1. The lowest BCUT2D eigenvalue weighted by molar-refractivity contribution is -0.136. The van der Waals surface area contributed by atoms with Crippen LogP contribution in [0.2, 0.25) is 0 Å². The summed E-state index contributed by atoms with van der Waals surface area (Å²) in [5.41, 5.74) is 4.58. The van der Waals surface area contributed by atoms with E-state index in [1.165, 1.54) is 17.5 Å². The quantitative estimate of drug-likeness (QED) is 0.464. The van der Waals surface area contributed by atoms with E-state index in [4.69, 9.17) is 4.74 Å². The van der Waals surface area contributed by atoms with Gasteiger partial charge in [-0.1, -0.05) is 36.8 Å². The predicted octanol–water partition coefficient (Wildman–Crippen LogP) is 3.59. The first kappa shape index (κ1) is 24.2. The second-order valence-electron chi connectivity index (χ2n) is 11.1. The van der Waals surface area contributed by atoms with Gasteiger partial charge in [0.25, 0.3) is 5.91 Å². The minimum atomic E-state index is -0.557. The van der Waals surface area contributed by atoms with Gasteiger partial charge in [-0.2, -0.15) is 0 Å². The van der Waals surface area contributed by atoms with Gasteiger partial charge in [0.05, 0.1) is 6.61 Å². The molecule has 1 N–H and O–H groups in total. The van der Waals surface area contributed by atoms with Crippen LogP contribution >= 0.6 is 0 Å². The summed E-state index contributed by atoms with van der Waals surface area (Å²) < 4.78 is 6.00. The molecule has 0 radical (unpaired) electrons. The van der Waals surface area contributed by atoms with E-state index >= 15 is 0 Å². The molecular weight excluding hydrogens is 466 g/mol. The summed E-state index contributed by atoms with van der Waals surface area (Å²) in [4.78, 5) is 41.1. The molecule has 0 aliphatic carbocycles. The molecule has 194 valence electrons. The van der Waals surface area contributed by atoms with Gasteiger partial charge in [0, 0.05) is 29.5 Å². The van der Waals surface area contributed by atoms with Crippen molar-refractivity contribution < 1.29 is 19.1 Å². The molecule has 0 bridgehead atoms. The molecule has 2 aromatic rings. The first-order chi connectivity index (χ1) is 18.0. The number of para-hydroxylation sites is 1. The van der Waals surface area contributed by atoms with Crippen LogP contribution < -0.4 is 10.1 Å². The molecule has 4 aliphatic heterocycles. The maximum Gasteiger partial charge on any atom is 0.255 e. The van der Waals surface area contributed by atoms with Crippen LogP contribution in [-0.2, 0) is 28.0 Å². The molecule has 2 aromatic carbocycles. The minimum Gasteiger partial charge on any atom is -0.492 e. The number of ether oxygens (including phenoxy) is 1. The van der Waals surface area contributed by atoms with Crippen molar-refractivity contribution in [3.63, 3.8) is 0 Å². The lowest BCUT2D eigenvalue weighted by Crippen LogP contribution is -2.52. The van der Waals surface area contributed by atoms with E-state index in [1.54, 1.807) is 4.90 Å². The fourth-order valence-electron chi connectivity index (χ4n) is 6.65. The Morgan fingerprint density at radius 1 is 0.973 bits per heavy atom. The molecule has 37 heavy (non-hydrogen) atoms. The van der Waals surface area contributed by atoms with E-state index < -0.39 is 6.04 Å². The Kier molecular flexibility index (Phi) is 6.49. The SMILES string of the molecule is O=C1CCC(N2Cc3c(CCCCCN4CCC5(CC4)COc4ccccc45)cccc3C2=O)C(=O)N1. The monoisotopic (exact) mass is 501 g/mol. The highest BCUT2D eigenvalue weighted by atomic mass is 16.5. The number of hydrogen-bond donors (Lipinski definition) is 1. The van der Waals surface area contributed by atoms with Gasteiger partial charge in [-0.15, -0.1) is 0 Å². The molecule has 0 saturated carbocycles. The molecule has 7 nitrogen and oxygen atoms in total. The van der Waals surface area contributed by atoms with E-state index in [2.05, 4.69) is 40.5 Å². The number of carbonyl (C=O) groups is 3. The zero-order chi connectivity index (χ0) is 25.4. The Labute approximate surface area is 218 Å². The normalized spacial score (nSPS) is 22.6. The molecule has 7 heteroatoms. The number of nitrogens with zero attached hydrogens (tertiary/aromatic N) is 2. The zero-order valence-corrected chi connectivity index (χ0v) is 21.3. The van der Waals surface area contributed by atoms with E-state index in [1.807, 2.05) is 12.1 Å². The predicted molar refractivity (Wildman–Crippen MR) is 139 cm³/mol. The highest BCUT2D eigenvalue weighted by Crippen LogP contribution is 2.45. The van der Waals surface area contributed by atoms with E-state index in [0.717, 1.165) is 69.7 Å². The number of likely N-dealkylation sites (tertiary alicyclic amines) is 1. The zero-order valence-electron chi connectivity index (χ0n) is 21.3. The van der Waals surface area contributed by atoms with Crippen LogP contribution in [0.1, 0.15) is 72.0 Å². The van der Waals surface area contributed by atoms with Crippen LogP contribution in [0.4, 0.5) is 0 Å². The molecule has 1 atom stereocenters. The van der Waals surface area contributed by atoms with Crippen molar-refractivity contribution in [2.45, 2.75) is 69.4 Å². The van der Waals surface area contributed by atoms with Gasteiger partial charge in [-0.05, 0) is 81.4 Å². The second kappa shape index (κ2) is 9.93. The van der Waals surface area contributed by atoms with E-state index in [-0.39, 0.29) is 29.6 Å². The molecule has 6 rings (SSSR count). The Morgan fingerprint density at radius 2 is 1.81 bits per heavy atom. The number of hydrogen-bond acceptors (Lipinski definition) is 5. The molecule has 4 heterocycles. The molecule has 0 aromatic heterocycles. The second-order valence-corrected chi connectivity index (χ2v) is 11.1. The maximum atomic E-state index is 13.0. The fraction of sp³-hybridized carbons (Fsp3) is 0.500. The van der Waals surface area contributed by atoms with Crippen molar-refractivity contribution in [2.24, 2.45) is 0 Å². The van der Waals surface area contributed by atoms with Gasteiger partial charge in [0.2, 0.25) is 11.8 Å². The number of carbonyl (C=O) groups excluding carboxylic acids is 3. The number of benzene rings is 2. The third kappa shape index (κ3) is 4.54. The van der Waals surface area contributed by atoms with Gasteiger partial charge in [-0.25, -0.2) is 0 Å². The van der Waals surface area contributed by atoms with Crippen molar-refractivity contribution in [2.75, 3.05) is 26.2 Å². The van der Waals surface area contributed by atoms with Crippen molar-refractivity contribution in [3.8, 4) is 5.75 Å². The summed E-state index contributed by atoms with van der Waals surface area (Å²) in [5, 5.41) is 2.38. The van der Waals surface area contributed by atoms with Crippen LogP contribution in [0, 0.1) is 0 Å². The third-order valence-corrected chi connectivity index (χ3v) is 8.88. The fourth-order valence-corrected chi connectivity index (χ4v) is 6.65. The van der Waals surface area contributed by atoms with Crippen LogP contribution in [0.5, 0.6) is 5.75 Å². The number of rotatable bonds is 7. The topological polar surface area (TPSA) is 79.0 Å². The minimum absolute atomic E-state index is 0.0931. The molecule has 3 amide bonds. The number of imide groups is 1.